The third-order valence-electron chi connectivity index (χ3n) is 3.93. The minimum Gasteiger partial charge on any atom is -0.299 e. The largest absolute Gasteiger partial charge is 0.299 e. The Morgan fingerprint density at radius 3 is 2.68 bits per heavy atom. The molecule has 2 nitrogen and oxygen atoms in total. The zero-order valence-corrected chi connectivity index (χ0v) is 12.1. The van der Waals surface area contributed by atoms with Crippen molar-refractivity contribution in [3.8, 4) is 0 Å². The summed E-state index contributed by atoms with van der Waals surface area (Å²) in [7, 11) is 0. The van der Waals surface area contributed by atoms with Gasteiger partial charge in [-0.05, 0) is 31.1 Å². The highest BCUT2D eigenvalue weighted by molar-refractivity contribution is 8.13. The summed E-state index contributed by atoms with van der Waals surface area (Å²) < 4.78 is 0. The number of Topliss-reactive ketones (excluding diaryl/α,β-unsaturated/α-hetero) is 1. The van der Waals surface area contributed by atoms with E-state index in [9.17, 15) is 9.59 Å². The number of rotatable bonds is 3. The lowest BCUT2D eigenvalue weighted by Gasteiger charge is -2.25. The van der Waals surface area contributed by atoms with Crippen molar-refractivity contribution in [1.29, 1.82) is 0 Å². The summed E-state index contributed by atoms with van der Waals surface area (Å²) in [4.78, 5) is 24.1. The average molecular weight is 274 g/mol. The number of carbonyl (C=O) groups excluding carboxylic acids is 2. The van der Waals surface area contributed by atoms with Crippen LogP contribution in [0.5, 0.6) is 0 Å². The van der Waals surface area contributed by atoms with Gasteiger partial charge in [0, 0.05) is 6.42 Å². The zero-order chi connectivity index (χ0) is 13.9. The molecule has 0 bridgehead atoms. The lowest BCUT2D eigenvalue weighted by atomic mass is 9.80. The zero-order valence-electron chi connectivity index (χ0n) is 11.3. The maximum Gasteiger partial charge on any atom is 0.202 e. The molecule has 1 saturated carbocycles. The van der Waals surface area contributed by atoms with Gasteiger partial charge in [0.1, 0.15) is 11.2 Å². The Balaban J connectivity index is 2.22. The Kier molecular flexibility index (Phi) is 4.25. The predicted octanol–water partition coefficient (Wildman–Crippen LogP) is 3.57. The van der Waals surface area contributed by atoms with E-state index in [1.807, 2.05) is 42.5 Å². The third-order valence-corrected chi connectivity index (χ3v) is 4.73. The highest BCUT2D eigenvalue weighted by Crippen LogP contribution is 2.44. The molecule has 0 aliphatic heterocycles. The molecule has 19 heavy (non-hydrogen) atoms. The molecule has 1 fully saturated rings. The Bertz CT molecular complexity index is 507. The van der Waals surface area contributed by atoms with Crippen LogP contribution in [0.15, 0.2) is 36.4 Å². The van der Waals surface area contributed by atoms with Gasteiger partial charge in [0.2, 0.25) is 5.12 Å². The molecule has 1 aliphatic carbocycles. The number of hydrogen-bond acceptors (Lipinski definition) is 3. The van der Waals surface area contributed by atoms with Crippen LogP contribution in [-0.2, 0) is 9.59 Å². The van der Waals surface area contributed by atoms with Gasteiger partial charge in [-0.25, -0.2) is 0 Å². The lowest BCUT2D eigenvalue weighted by molar-refractivity contribution is -0.133. The van der Waals surface area contributed by atoms with Gasteiger partial charge in [0.25, 0.3) is 0 Å². The molecule has 1 aliphatic rings. The summed E-state index contributed by atoms with van der Waals surface area (Å²) >= 11 is 1.16. The van der Waals surface area contributed by atoms with Crippen LogP contribution < -0.4 is 0 Å². The van der Waals surface area contributed by atoms with Gasteiger partial charge in [-0.3, -0.25) is 9.59 Å². The van der Waals surface area contributed by atoms with Crippen molar-refractivity contribution in [1.82, 2.24) is 0 Å². The molecule has 1 aromatic carbocycles. The highest BCUT2D eigenvalue weighted by atomic mass is 32.2. The van der Waals surface area contributed by atoms with E-state index in [0.717, 1.165) is 23.7 Å². The quantitative estimate of drug-likeness (QED) is 0.790. The smallest absolute Gasteiger partial charge is 0.202 e. The van der Waals surface area contributed by atoms with Gasteiger partial charge in [-0.1, -0.05) is 54.2 Å². The highest BCUT2D eigenvalue weighted by Gasteiger charge is 2.49. The molecule has 0 saturated heterocycles. The fourth-order valence-corrected chi connectivity index (χ4v) is 3.29. The van der Waals surface area contributed by atoms with Crippen LogP contribution in [0, 0.1) is 11.3 Å². The summed E-state index contributed by atoms with van der Waals surface area (Å²) in [6.07, 6.45) is 7.05. The second-order valence-electron chi connectivity index (χ2n) is 5.03. The minimum absolute atomic E-state index is 0.0140. The normalized spacial score (nSPS) is 27.1. The van der Waals surface area contributed by atoms with E-state index in [0.29, 0.717) is 6.42 Å². The van der Waals surface area contributed by atoms with E-state index in [1.54, 1.807) is 13.2 Å². The van der Waals surface area contributed by atoms with Gasteiger partial charge >= 0.3 is 0 Å². The van der Waals surface area contributed by atoms with Crippen molar-refractivity contribution in [2.24, 2.45) is 11.3 Å². The van der Waals surface area contributed by atoms with Crippen LogP contribution in [0.25, 0.3) is 6.08 Å². The molecule has 2 unspecified atom stereocenters. The van der Waals surface area contributed by atoms with Crippen molar-refractivity contribution < 1.29 is 9.59 Å². The molecular weight excluding hydrogens is 256 g/mol. The summed E-state index contributed by atoms with van der Waals surface area (Å²) in [6, 6.07) is 9.96. The molecule has 0 radical (unpaired) electrons. The maximum atomic E-state index is 12.1. The van der Waals surface area contributed by atoms with Crippen LogP contribution in [0.2, 0.25) is 0 Å². The van der Waals surface area contributed by atoms with Gasteiger partial charge in [-0.15, -0.1) is 0 Å². The van der Waals surface area contributed by atoms with E-state index < -0.39 is 5.41 Å². The van der Waals surface area contributed by atoms with E-state index >= 15 is 0 Å². The van der Waals surface area contributed by atoms with Crippen molar-refractivity contribution in [3.05, 3.63) is 42.0 Å². The molecule has 0 N–H and O–H groups in total. The van der Waals surface area contributed by atoms with Crippen LogP contribution >= 0.6 is 11.8 Å². The predicted molar refractivity (Wildman–Crippen MR) is 79.8 cm³/mol. The molecule has 1 aromatic rings. The van der Waals surface area contributed by atoms with E-state index in [4.69, 9.17) is 0 Å². The van der Waals surface area contributed by atoms with Gasteiger partial charge in [0.15, 0.2) is 0 Å². The minimum atomic E-state index is -0.843. The molecule has 100 valence electrons. The van der Waals surface area contributed by atoms with Crippen LogP contribution in [0.1, 0.15) is 25.3 Å². The fourth-order valence-electron chi connectivity index (χ4n) is 2.60. The second-order valence-corrected chi connectivity index (χ2v) is 5.81. The Hall–Kier alpha value is -1.35. The molecule has 2 atom stereocenters. The third kappa shape index (κ3) is 2.66. The average Bonchev–Trinajstić information content (AvgIpc) is 2.74. The fraction of sp³-hybridized carbons (Fsp3) is 0.375. The van der Waals surface area contributed by atoms with Crippen molar-refractivity contribution in [3.63, 3.8) is 0 Å². The summed E-state index contributed by atoms with van der Waals surface area (Å²) in [5.41, 5.74) is 0.255. The first-order chi connectivity index (χ1) is 9.09. The number of thioether (sulfide) groups is 1. The standard InChI is InChI=1S/C16H18O2S/c1-16(15(18)19-2)13(10-11-14(16)17)9-8-12-6-4-3-5-7-12/h3-9,13H,10-11H2,1-2H3/b9-8+. The molecule has 0 amide bonds. The number of hydrogen-bond donors (Lipinski definition) is 0. The molecule has 0 heterocycles. The topological polar surface area (TPSA) is 34.1 Å². The maximum absolute atomic E-state index is 12.1. The Labute approximate surface area is 118 Å². The van der Waals surface area contributed by atoms with E-state index in [1.165, 1.54) is 0 Å². The molecular formula is C16H18O2S. The van der Waals surface area contributed by atoms with Crippen LogP contribution in [0.4, 0.5) is 0 Å². The number of benzene rings is 1. The molecule has 0 spiro atoms. The Morgan fingerprint density at radius 2 is 2.05 bits per heavy atom. The first-order valence-electron chi connectivity index (χ1n) is 6.44. The van der Waals surface area contributed by atoms with Crippen LogP contribution in [-0.4, -0.2) is 17.2 Å². The Morgan fingerprint density at radius 1 is 1.37 bits per heavy atom. The molecule has 2 rings (SSSR count). The number of carbonyl (C=O) groups is 2. The summed E-state index contributed by atoms with van der Waals surface area (Å²) in [5, 5.41) is -0.0160. The number of allylic oxidation sites excluding steroid dienone is 1. The first-order valence-corrected chi connectivity index (χ1v) is 7.66. The number of ketones is 1. The van der Waals surface area contributed by atoms with Gasteiger partial charge in [-0.2, -0.15) is 0 Å². The van der Waals surface area contributed by atoms with E-state index in [-0.39, 0.29) is 16.8 Å². The monoisotopic (exact) mass is 274 g/mol. The molecule has 0 aromatic heterocycles. The summed E-state index contributed by atoms with van der Waals surface area (Å²) in [5.74, 6) is 0.0923. The van der Waals surface area contributed by atoms with Crippen LogP contribution in [0.3, 0.4) is 0 Å². The SMILES string of the molecule is CSC(=O)C1(C)C(=O)CCC1/C=C/c1ccccc1. The van der Waals surface area contributed by atoms with Crippen molar-refractivity contribution in [2.75, 3.05) is 6.26 Å². The van der Waals surface area contributed by atoms with Crippen molar-refractivity contribution in [2.45, 2.75) is 19.8 Å². The summed E-state index contributed by atoms with van der Waals surface area (Å²) in [6.45, 7) is 1.79. The lowest BCUT2D eigenvalue weighted by Crippen LogP contribution is -2.35. The second kappa shape index (κ2) is 5.74. The van der Waals surface area contributed by atoms with Crippen molar-refractivity contribution >= 4 is 28.7 Å². The first kappa shape index (κ1) is 14.1. The van der Waals surface area contributed by atoms with Gasteiger partial charge < -0.3 is 0 Å². The van der Waals surface area contributed by atoms with E-state index in [2.05, 4.69) is 0 Å². The molecule has 3 heteroatoms. The van der Waals surface area contributed by atoms with Gasteiger partial charge in [0.05, 0.1) is 0 Å².